The highest BCUT2D eigenvalue weighted by atomic mass is 79.9. The number of halogens is 1. The van der Waals surface area contributed by atoms with E-state index in [4.69, 9.17) is 18.9 Å². The van der Waals surface area contributed by atoms with Crippen molar-refractivity contribution in [2.24, 2.45) is 0 Å². The number of aryl methyl sites for hydroxylation is 2. The molecule has 0 saturated carbocycles. The smallest absolute Gasteiger partial charge is 0.276 e. The maximum atomic E-state index is 12.4. The lowest BCUT2D eigenvalue weighted by Crippen LogP contribution is -2.43. The molecule has 0 aromatic heterocycles. The first-order chi connectivity index (χ1) is 13.8. The van der Waals surface area contributed by atoms with Gasteiger partial charge in [0.2, 0.25) is 5.75 Å². The second-order valence-corrected chi connectivity index (χ2v) is 6.99. The summed E-state index contributed by atoms with van der Waals surface area (Å²) in [6.45, 7) is 3.52. The van der Waals surface area contributed by atoms with Gasteiger partial charge in [-0.1, -0.05) is 15.9 Å². The fourth-order valence-corrected chi connectivity index (χ4v) is 3.40. The van der Waals surface area contributed by atoms with Crippen molar-refractivity contribution in [1.29, 1.82) is 0 Å². The van der Waals surface area contributed by atoms with Gasteiger partial charge in [0.05, 0.1) is 21.3 Å². The average molecular weight is 467 g/mol. The zero-order chi connectivity index (χ0) is 21.6. The van der Waals surface area contributed by atoms with E-state index >= 15 is 0 Å². The Kier molecular flexibility index (Phi) is 7.72. The van der Waals surface area contributed by atoms with Crippen molar-refractivity contribution in [3.05, 3.63) is 45.4 Å². The molecule has 0 aliphatic heterocycles. The highest BCUT2D eigenvalue weighted by Gasteiger charge is 2.17. The molecule has 2 amide bonds. The third-order valence-electron chi connectivity index (χ3n) is 4.02. The van der Waals surface area contributed by atoms with Crippen LogP contribution >= 0.6 is 15.9 Å². The first-order valence-corrected chi connectivity index (χ1v) is 9.38. The number of nitrogens with one attached hydrogen (secondary N) is 2. The van der Waals surface area contributed by atoms with E-state index in [0.717, 1.165) is 15.6 Å². The van der Waals surface area contributed by atoms with Crippen LogP contribution in [0, 0.1) is 13.8 Å². The van der Waals surface area contributed by atoms with Gasteiger partial charge in [-0.2, -0.15) is 0 Å². The number of carbonyl (C=O) groups excluding carboxylic acids is 2. The van der Waals surface area contributed by atoms with Gasteiger partial charge in [0.1, 0.15) is 5.75 Å². The minimum atomic E-state index is -0.548. The molecule has 0 fully saturated rings. The van der Waals surface area contributed by atoms with E-state index in [9.17, 15) is 9.59 Å². The van der Waals surface area contributed by atoms with Gasteiger partial charge in [-0.05, 0) is 49.2 Å². The second-order valence-electron chi connectivity index (χ2n) is 6.07. The fraction of sp³-hybridized carbons (Fsp3) is 0.300. The van der Waals surface area contributed by atoms with Crippen LogP contribution in [0.25, 0.3) is 0 Å². The van der Waals surface area contributed by atoms with Crippen molar-refractivity contribution in [3.63, 3.8) is 0 Å². The first-order valence-electron chi connectivity index (χ1n) is 8.59. The SMILES string of the molecule is COc1cc(C(=O)NNC(=O)COc2c(C)cc(Br)cc2C)cc(OC)c1OC. The molecule has 0 saturated heterocycles. The minimum Gasteiger partial charge on any atom is -0.493 e. The molecule has 0 radical (unpaired) electrons. The largest absolute Gasteiger partial charge is 0.493 e. The number of methoxy groups -OCH3 is 3. The third-order valence-corrected chi connectivity index (χ3v) is 4.47. The predicted octanol–water partition coefficient (Wildman–Crippen LogP) is 2.93. The van der Waals surface area contributed by atoms with E-state index in [2.05, 4.69) is 26.8 Å². The molecular formula is C20H23BrN2O6. The lowest BCUT2D eigenvalue weighted by atomic mass is 10.1. The summed E-state index contributed by atoms with van der Waals surface area (Å²) >= 11 is 3.41. The summed E-state index contributed by atoms with van der Waals surface area (Å²) in [4.78, 5) is 24.4. The quantitative estimate of drug-likeness (QED) is 0.609. The van der Waals surface area contributed by atoms with Crippen molar-refractivity contribution in [2.45, 2.75) is 13.8 Å². The van der Waals surface area contributed by atoms with Gasteiger partial charge in [0.15, 0.2) is 18.1 Å². The second kappa shape index (κ2) is 10.0. The number of hydrogen-bond donors (Lipinski definition) is 2. The molecule has 0 aliphatic rings. The third kappa shape index (κ3) is 5.54. The van der Waals surface area contributed by atoms with E-state index < -0.39 is 11.8 Å². The summed E-state index contributed by atoms with van der Waals surface area (Å²) in [6, 6.07) is 6.75. The highest BCUT2D eigenvalue weighted by Crippen LogP contribution is 2.38. The molecule has 0 spiro atoms. The molecule has 0 heterocycles. The van der Waals surface area contributed by atoms with Crippen LogP contribution in [-0.4, -0.2) is 39.8 Å². The van der Waals surface area contributed by atoms with Crippen molar-refractivity contribution in [1.82, 2.24) is 10.9 Å². The van der Waals surface area contributed by atoms with Crippen LogP contribution in [0.2, 0.25) is 0 Å². The summed E-state index contributed by atoms with van der Waals surface area (Å²) in [5.41, 5.74) is 6.67. The molecule has 0 bridgehead atoms. The monoisotopic (exact) mass is 466 g/mol. The van der Waals surface area contributed by atoms with Crippen molar-refractivity contribution >= 4 is 27.7 Å². The summed E-state index contributed by atoms with van der Waals surface area (Å²) in [5.74, 6) is 0.588. The number of carbonyl (C=O) groups is 2. The number of amides is 2. The minimum absolute atomic E-state index is 0.223. The molecule has 0 unspecified atom stereocenters. The van der Waals surface area contributed by atoms with E-state index in [1.165, 1.54) is 33.5 Å². The number of hydrazine groups is 1. The number of hydrogen-bond acceptors (Lipinski definition) is 6. The molecular weight excluding hydrogens is 444 g/mol. The molecule has 0 aliphatic carbocycles. The lowest BCUT2D eigenvalue weighted by Gasteiger charge is -2.15. The highest BCUT2D eigenvalue weighted by molar-refractivity contribution is 9.10. The van der Waals surface area contributed by atoms with Crippen molar-refractivity contribution < 1.29 is 28.5 Å². The van der Waals surface area contributed by atoms with E-state index in [1.54, 1.807) is 0 Å². The maximum Gasteiger partial charge on any atom is 0.276 e. The standard InChI is InChI=1S/C20H23BrN2O6/c1-11-6-14(21)7-12(2)18(11)29-10-17(24)22-23-20(25)13-8-15(26-3)19(28-5)16(9-13)27-4/h6-9H,10H2,1-5H3,(H,22,24)(H,23,25). The average Bonchev–Trinajstić information content (AvgIpc) is 2.69. The Morgan fingerprint density at radius 2 is 1.41 bits per heavy atom. The number of ether oxygens (including phenoxy) is 4. The number of rotatable bonds is 7. The Balaban J connectivity index is 1.99. The van der Waals surface area contributed by atoms with Crippen LogP contribution in [0.15, 0.2) is 28.7 Å². The molecule has 2 N–H and O–H groups in total. The van der Waals surface area contributed by atoms with Gasteiger partial charge in [0.25, 0.3) is 11.8 Å². The van der Waals surface area contributed by atoms with Gasteiger partial charge in [-0.3, -0.25) is 20.4 Å². The fourth-order valence-electron chi connectivity index (χ4n) is 2.71. The molecule has 2 aromatic carbocycles. The van der Waals surface area contributed by atoms with Gasteiger partial charge in [-0.25, -0.2) is 0 Å². The van der Waals surface area contributed by atoms with Crippen LogP contribution < -0.4 is 29.8 Å². The first kappa shape index (κ1) is 22.4. The van der Waals surface area contributed by atoms with Crippen LogP contribution in [-0.2, 0) is 4.79 Å². The summed E-state index contributed by atoms with van der Waals surface area (Å²) < 4.78 is 22.2. The van der Waals surface area contributed by atoms with Gasteiger partial charge in [-0.15, -0.1) is 0 Å². The molecule has 9 heteroatoms. The van der Waals surface area contributed by atoms with Crippen LogP contribution in [0.5, 0.6) is 23.0 Å². The number of benzene rings is 2. The van der Waals surface area contributed by atoms with Crippen LogP contribution in [0.4, 0.5) is 0 Å². The van der Waals surface area contributed by atoms with E-state index in [1.807, 2.05) is 26.0 Å². The molecule has 8 nitrogen and oxygen atoms in total. The van der Waals surface area contributed by atoms with E-state index in [0.29, 0.717) is 23.0 Å². The Bertz CT molecular complexity index is 868. The molecule has 2 aromatic rings. The summed E-state index contributed by atoms with van der Waals surface area (Å²) in [6.07, 6.45) is 0. The lowest BCUT2D eigenvalue weighted by molar-refractivity contribution is -0.123. The molecule has 0 atom stereocenters. The maximum absolute atomic E-state index is 12.4. The predicted molar refractivity (Wildman–Crippen MR) is 111 cm³/mol. The van der Waals surface area contributed by atoms with Crippen LogP contribution in [0.1, 0.15) is 21.5 Å². The summed E-state index contributed by atoms with van der Waals surface area (Å²) in [5, 5.41) is 0. The Morgan fingerprint density at radius 1 is 0.862 bits per heavy atom. The Labute approximate surface area is 177 Å². The van der Waals surface area contributed by atoms with Gasteiger partial charge < -0.3 is 18.9 Å². The Hall–Kier alpha value is -2.94. The Morgan fingerprint density at radius 3 is 1.90 bits per heavy atom. The summed E-state index contributed by atoms with van der Waals surface area (Å²) in [7, 11) is 4.36. The van der Waals surface area contributed by atoms with Gasteiger partial charge >= 0.3 is 0 Å². The molecule has 2 rings (SSSR count). The zero-order valence-electron chi connectivity index (χ0n) is 16.8. The normalized spacial score (nSPS) is 10.1. The van der Waals surface area contributed by atoms with Crippen LogP contribution in [0.3, 0.4) is 0 Å². The topological polar surface area (TPSA) is 95.1 Å². The molecule has 156 valence electrons. The van der Waals surface area contributed by atoms with Gasteiger partial charge in [0, 0.05) is 10.0 Å². The van der Waals surface area contributed by atoms with Crippen molar-refractivity contribution in [3.8, 4) is 23.0 Å². The molecule has 29 heavy (non-hydrogen) atoms. The van der Waals surface area contributed by atoms with E-state index in [-0.39, 0.29) is 12.2 Å². The van der Waals surface area contributed by atoms with Crippen molar-refractivity contribution in [2.75, 3.05) is 27.9 Å². The zero-order valence-corrected chi connectivity index (χ0v) is 18.4.